The molecule has 2 rings (SSSR count). The lowest BCUT2D eigenvalue weighted by Gasteiger charge is -2.18. The normalized spacial score (nSPS) is 10.3. The van der Waals surface area contributed by atoms with Gasteiger partial charge in [-0.15, -0.1) is 0 Å². The van der Waals surface area contributed by atoms with Crippen LogP contribution in [0.4, 0.5) is 0 Å². The van der Waals surface area contributed by atoms with Gasteiger partial charge in [-0.05, 0) is 39.7 Å². The average molecular weight is 383 g/mol. The van der Waals surface area contributed by atoms with Crippen molar-refractivity contribution in [2.75, 3.05) is 7.05 Å². The molecule has 98 valence electrons. The summed E-state index contributed by atoms with van der Waals surface area (Å²) in [4.78, 5) is 14.1. The van der Waals surface area contributed by atoms with Gasteiger partial charge in [0.1, 0.15) is 0 Å². The van der Waals surface area contributed by atoms with Gasteiger partial charge in [0.15, 0.2) is 0 Å². The number of rotatable bonds is 3. The van der Waals surface area contributed by atoms with Crippen LogP contribution in [0.5, 0.6) is 0 Å². The third kappa shape index (κ3) is 3.67. The molecule has 2 aromatic rings. The number of carbonyl (C=O) groups excluding carboxylic acids is 1. The molecule has 0 unspecified atom stereocenters. The van der Waals surface area contributed by atoms with Gasteiger partial charge in [-0.25, -0.2) is 0 Å². The molecule has 0 heterocycles. The molecular formula is C15H13Br2NO. The lowest BCUT2D eigenvalue weighted by Crippen LogP contribution is -2.26. The molecule has 0 aliphatic heterocycles. The quantitative estimate of drug-likeness (QED) is 0.766. The first-order chi connectivity index (χ1) is 9.08. The topological polar surface area (TPSA) is 20.3 Å². The third-order valence-electron chi connectivity index (χ3n) is 2.77. The Labute approximate surface area is 129 Å². The molecule has 0 radical (unpaired) electrons. The molecule has 2 nitrogen and oxygen atoms in total. The van der Waals surface area contributed by atoms with Crippen molar-refractivity contribution in [1.29, 1.82) is 0 Å². The van der Waals surface area contributed by atoms with Crippen molar-refractivity contribution in [3.8, 4) is 0 Å². The standard InChI is InChI=1S/C15H13Br2NO/c1-18(10-11-5-3-2-4-6-11)15(19)13-9-12(16)7-8-14(13)17/h2-9H,10H2,1H3. The van der Waals surface area contributed by atoms with Crippen LogP contribution in [-0.2, 0) is 6.54 Å². The van der Waals surface area contributed by atoms with Crippen LogP contribution >= 0.6 is 31.9 Å². The fraction of sp³-hybridized carbons (Fsp3) is 0.133. The molecule has 19 heavy (non-hydrogen) atoms. The van der Waals surface area contributed by atoms with Crippen molar-refractivity contribution in [2.45, 2.75) is 6.54 Å². The van der Waals surface area contributed by atoms with E-state index in [0.717, 1.165) is 14.5 Å². The van der Waals surface area contributed by atoms with Gasteiger partial charge in [-0.2, -0.15) is 0 Å². The van der Waals surface area contributed by atoms with Crippen molar-refractivity contribution in [3.05, 3.63) is 68.6 Å². The van der Waals surface area contributed by atoms with E-state index in [-0.39, 0.29) is 5.91 Å². The Morgan fingerprint density at radius 1 is 1.11 bits per heavy atom. The van der Waals surface area contributed by atoms with Crippen molar-refractivity contribution >= 4 is 37.8 Å². The lowest BCUT2D eigenvalue weighted by atomic mass is 10.1. The van der Waals surface area contributed by atoms with Gasteiger partial charge in [0, 0.05) is 22.5 Å². The minimum absolute atomic E-state index is 0.00275. The van der Waals surface area contributed by atoms with E-state index in [2.05, 4.69) is 31.9 Å². The van der Waals surface area contributed by atoms with E-state index < -0.39 is 0 Å². The largest absolute Gasteiger partial charge is 0.337 e. The summed E-state index contributed by atoms with van der Waals surface area (Å²) in [6, 6.07) is 15.5. The highest BCUT2D eigenvalue weighted by Crippen LogP contribution is 2.23. The molecule has 0 spiro atoms. The fourth-order valence-corrected chi connectivity index (χ4v) is 2.57. The first-order valence-corrected chi connectivity index (χ1v) is 7.41. The van der Waals surface area contributed by atoms with Crippen molar-refractivity contribution in [3.63, 3.8) is 0 Å². The van der Waals surface area contributed by atoms with Gasteiger partial charge in [0.05, 0.1) is 5.56 Å². The second-order valence-electron chi connectivity index (χ2n) is 4.27. The van der Waals surface area contributed by atoms with E-state index in [0.29, 0.717) is 12.1 Å². The van der Waals surface area contributed by atoms with Crippen LogP contribution in [0.3, 0.4) is 0 Å². The smallest absolute Gasteiger partial charge is 0.255 e. The van der Waals surface area contributed by atoms with E-state index in [1.165, 1.54) is 0 Å². The minimum Gasteiger partial charge on any atom is -0.337 e. The Balaban J connectivity index is 2.17. The zero-order chi connectivity index (χ0) is 13.8. The number of carbonyl (C=O) groups is 1. The zero-order valence-corrected chi connectivity index (χ0v) is 13.6. The maximum Gasteiger partial charge on any atom is 0.255 e. The molecule has 0 fully saturated rings. The van der Waals surface area contributed by atoms with Crippen LogP contribution in [0.25, 0.3) is 0 Å². The summed E-state index contributed by atoms with van der Waals surface area (Å²) in [6.07, 6.45) is 0. The predicted molar refractivity (Wildman–Crippen MR) is 84.1 cm³/mol. The van der Waals surface area contributed by atoms with Crippen LogP contribution in [-0.4, -0.2) is 17.9 Å². The van der Waals surface area contributed by atoms with Gasteiger partial charge >= 0.3 is 0 Å². The molecule has 0 saturated heterocycles. The number of hydrogen-bond acceptors (Lipinski definition) is 1. The van der Waals surface area contributed by atoms with Crippen molar-refractivity contribution in [1.82, 2.24) is 4.90 Å². The monoisotopic (exact) mass is 381 g/mol. The van der Waals surface area contributed by atoms with Gasteiger partial charge in [-0.3, -0.25) is 4.79 Å². The molecule has 0 saturated carbocycles. The van der Waals surface area contributed by atoms with Crippen LogP contribution in [0.15, 0.2) is 57.5 Å². The number of benzene rings is 2. The van der Waals surface area contributed by atoms with Crippen molar-refractivity contribution in [2.24, 2.45) is 0 Å². The Hall–Kier alpha value is -1.13. The predicted octanol–water partition coefficient (Wildman–Crippen LogP) is 4.48. The summed E-state index contributed by atoms with van der Waals surface area (Å²) < 4.78 is 1.70. The summed E-state index contributed by atoms with van der Waals surface area (Å²) in [5.41, 5.74) is 1.78. The highest BCUT2D eigenvalue weighted by Gasteiger charge is 2.15. The average Bonchev–Trinajstić information content (AvgIpc) is 2.42. The maximum absolute atomic E-state index is 12.4. The summed E-state index contributed by atoms with van der Waals surface area (Å²) in [5, 5.41) is 0. The number of halogens is 2. The van der Waals surface area contributed by atoms with Crippen LogP contribution in [0.2, 0.25) is 0 Å². The summed E-state index contributed by atoms with van der Waals surface area (Å²) >= 11 is 6.81. The summed E-state index contributed by atoms with van der Waals surface area (Å²) in [5.74, 6) is -0.00275. The molecule has 0 atom stereocenters. The van der Waals surface area contributed by atoms with E-state index in [1.54, 1.807) is 4.90 Å². The fourth-order valence-electron chi connectivity index (χ4n) is 1.80. The molecule has 2 aromatic carbocycles. The van der Waals surface area contributed by atoms with E-state index in [4.69, 9.17) is 0 Å². The summed E-state index contributed by atoms with van der Waals surface area (Å²) in [7, 11) is 1.81. The second kappa shape index (κ2) is 6.35. The third-order valence-corrected chi connectivity index (χ3v) is 3.95. The van der Waals surface area contributed by atoms with Gasteiger partial charge < -0.3 is 4.90 Å². The van der Waals surface area contributed by atoms with E-state index in [1.807, 2.05) is 55.6 Å². The van der Waals surface area contributed by atoms with Gasteiger partial charge in [0.25, 0.3) is 5.91 Å². The Kier molecular flexibility index (Phi) is 4.77. The first-order valence-electron chi connectivity index (χ1n) is 5.82. The molecule has 0 aromatic heterocycles. The van der Waals surface area contributed by atoms with Crippen LogP contribution in [0, 0.1) is 0 Å². The molecule has 1 amide bonds. The molecule has 4 heteroatoms. The Bertz CT molecular complexity index is 584. The highest BCUT2D eigenvalue weighted by molar-refractivity contribution is 9.11. The van der Waals surface area contributed by atoms with E-state index >= 15 is 0 Å². The summed E-state index contributed by atoms with van der Waals surface area (Å²) in [6.45, 7) is 0.596. The molecule has 0 aliphatic carbocycles. The van der Waals surface area contributed by atoms with Crippen molar-refractivity contribution < 1.29 is 4.79 Å². The molecule has 0 aliphatic rings. The Morgan fingerprint density at radius 2 is 1.79 bits per heavy atom. The number of amides is 1. The van der Waals surface area contributed by atoms with Gasteiger partial charge in [-0.1, -0.05) is 46.3 Å². The first kappa shape index (κ1) is 14.3. The lowest BCUT2D eigenvalue weighted by molar-refractivity contribution is 0.0784. The van der Waals surface area contributed by atoms with Gasteiger partial charge in [0.2, 0.25) is 0 Å². The molecule has 0 bridgehead atoms. The highest BCUT2D eigenvalue weighted by atomic mass is 79.9. The minimum atomic E-state index is -0.00275. The molecular weight excluding hydrogens is 370 g/mol. The zero-order valence-electron chi connectivity index (χ0n) is 10.4. The van der Waals surface area contributed by atoms with E-state index in [9.17, 15) is 4.79 Å². The number of hydrogen-bond donors (Lipinski definition) is 0. The molecule has 0 N–H and O–H groups in total. The second-order valence-corrected chi connectivity index (χ2v) is 6.04. The maximum atomic E-state index is 12.4. The SMILES string of the molecule is CN(Cc1ccccc1)C(=O)c1cc(Br)ccc1Br. The van der Waals surface area contributed by atoms with Crippen LogP contribution in [0.1, 0.15) is 15.9 Å². The van der Waals surface area contributed by atoms with Crippen LogP contribution < -0.4 is 0 Å². The Morgan fingerprint density at radius 3 is 2.47 bits per heavy atom. The number of nitrogens with zero attached hydrogens (tertiary/aromatic N) is 1.